The number of nitrogens with one attached hydrogen (secondary N) is 1. The molecule has 3 atom stereocenters. The molecule has 0 bridgehead atoms. The van der Waals surface area contributed by atoms with E-state index in [9.17, 15) is 5.11 Å². The zero-order chi connectivity index (χ0) is 10.7. The highest BCUT2D eigenvalue weighted by molar-refractivity contribution is 4.84. The van der Waals surface area contributed by atoms with Gasteiger partial charge in [0.05, 0.1) is 12.2 Å². The Morgan fingerprint density at radius 3 is 2.87 bits per heavy atom. The average molecular weight is 213 g/mol. The van der Waals surface area contributed by atoms with Crippen LogP contribution >= 0.6 is 0 Å². The van der Waals surface area contributed by atoms with E-state index in [0.717, 1.165) is 32.4 Å². The van der Waals surface area contributed by atoms with Gasteiger partial charge in [-0.1, -0.05) is 6.92 Å². The van der Waals surface area contributed by atoms with Crippen molar-refractivity contribution in [3.63, 3.8) is 0 Å². The minimum absolute atomic E-state index is 0.118. The van der Waals surface area contributed by atoms with Crippen LogP contribution < -0.4 is 5.32 Å². The van der Waals surface area contributed by atoms with E-state index in [-0.39, 0.29) is 6.10 Å². The van der Waals surface area contributed by atoms with Crippen molar-refractivity contribution >= 4 is 0 Å². The van der Waals surface area contributed by atoms with Crippen LogP contribution in [0.5, 0.6) is 0 Å². The second-order valence-corrected chi connectivity index (χ2v) is 4.94. The number of aliphatic hydroxyl groups excluding tert-OH is 1. The summed E-state index contributed by atoms with van der Waals surface area (Å²) in [6, 6.07) is 0.553. The molecule has 2 N–H and O–H groups in total. The molecular weight excluding hydrogens is 190 g/mol. The van der Waals surface area contributed by atoms with Gasteiger partial charge in [-0.25, -0.2) is 0 Å². The monoisotopic (exact) mass is 213 g/mol. The third-order valence-electron chi connectivity index (χ3n) is 3.60. The molecule has 0 radical (unpaired) electrons. The Kier molecular flexibility index (Phi) is 4.00. The van der Waals surface area contributed by atoms with E-state index in [0.29, 0.717) is 18.1 Å². The van der Waals surface area contributed by atoms with Gasteiger partial charge in [-0.15, -0.1) is 0 Å². The molecule has 1 saturated heterocycles. The van der Waals surface area contributed by atoms with Crippen LogP contribution in [0.4, 0.5) is 0 Å². The first-order valence-electron chi connectivity index (χ1n) is 6.32. The molecule has 1 aliphatic heterocycles. The van der Waals surface area contributed by atoms with Crippen LogP contribution in [0, 0.1) is 5.92 Å². The molecule has 0 aromatic carbocycles. The summed E-state index contributed by atoms with van der Waals surface area (Å²) in [5, 5.41) is 13.2. The second-order valence-electron chi connectivity index (χ2n) is 4.94. The van der Waals surface area contributed by atoms with Gasteiger partial charge in [0.2, 0.25) is 0 Å². The first kappa shape index (κ1) is 11.4. The van der Waals surface area contributed by atoms with E-state index in [2.05, 4.69) is 12.2 Å². The lowest BCUT2D eigenvalue weighted by Crippen LogP contribution is -2.42. The maximum atomic E-state index is 9.75. The van der Waals surface area contributed by atoms with Crippen LogP contribution in [0.25, 0.3) is 0 Å². The molecule has 88 valence electrons. The van der Waals surface area contributed by atoms with Crippen molar-refractivity contribution < 1.29 is 9.84 Å². The molecule has 2 fully saturated rings. The smallest absolute Gasteiger partial charge is 0.0692 e. The molecule has 0 spiro atoms. The fourth-order valence-corrected chi connectivity index (χ4v) is 2.29. The molecule has 2 aliphatic rings. The minimum Gasteiger partial charge on any atom is -0.392 e. The van der Waals surface area contributed by atoms with E-state index in [1.165, 1.54) is 12.8 Å². The molecule has 2 rings (SSSR count). The van der Waals surface area contributed by atoms with Crippen LogP contribution in [0.15, 0.2) is 0 Å². The molecule has 1 heterocycles. The van der Waals surface area contributed by atoms with Gasteiger partial charge in [0, 0.05) is 19.2 Å². The summed E-state index contributed by atoms with van der Waals surface area (Å²) in [4.78, 5) is 0. The maximum Gasteiger partial charge on any atom is 0.0692 e. The van der Waals surface area contributed by atoms with Gasteiger partial charge >= 0.3 is 0 Å². The fraction of sp³-hybridized carbons (Fsp3) is 1.00. The number of hydrogen-bond acceptors (Lipinski definition) is 3. The molecular formula is C12H23NO2. The summed E-state index contributed by atoms with van der Waals surface area (Å²) in [6.45, 7) is 3.81. The molecule has 15 heavy (non-hydrogen) atoms. The first-order valence-corrected chi connectivity index (χ1v) is 6.32. The van der Waals surface area contributed by atoms with Gasteiger partial charge in [-0.05, 0) is 38.0 Å². The highest BCUT2D eigenvalue weighted by Gasteiger charge is 2.30. The largest absolute Gasteiger partial charge is 0.392 e. The molecule has 1 aliphatic carbocycles. The predicted octanol–water partition coefficient (Wildman–Crippen LogP) is 1.30. The van der Waals surface area contributed by atoms with Crippen molar-refractivity contribution in [2.24, 2.45) is 5.92 Å². The van der Waals surface area contributed by atoms with E-state index >= 15 is 0 Å². The third-order valence-corrected chi connectivity index (χ3v) is 3.60. The van der Waals surface area contributed by atoms with Gasteiger partial charge < -0.3 is 15.2 Å². The highest BCUT2D eigenvalue weighted by Crippen LogP contribution is 2.32. The zero-order valence-corrected chi connectivity index (χ0v) is 9.61. The fourth-order valence-electron chi connectivity index (χ4n) is 2.29. The van der Waals surface area contributed by atoms with Crippen LogP contribution in [0.3, 0.4) is 0 Å². The van der Waals surface area contributed by atoms with Crippen molar-refractivity contribution in [2.45, 2.75) is 57.3 Å². The average Bonchev–Trinajstić information content (AvgIpc) is 3.10. The van der Waals surface area contributed by atoms with Gasteiger partial charge in [0.15, 0.2) is 0 Å². The summed E-state index contributed by atoms with van der Waals surface area (Å²) in [7, 11) is 0. The molecule has 3 unspecified atom stereocenters. The van der Waals surface area contributed by atoms with Gasteiger partial charge in [0.1, 0.15) is 0 Å². The lowest BCUT2D eigenvalue weighted by molar-refractivity contribution is -0.00242. The standard InChI is InChI=1S/C12H23NO2/c1-2-11-7-10(5-6-15-11)13-8-12(14)9-3-4-9/h9-14H,2-8H2,1H3. The van der Waals surface area contributed by atoms with Gasteiger partial charge in [-0.2, -0.15) is 0 Å². The maximum absolute atomic E-state index is 9.75. The summed E-state index contributed by atoms with van der Waals surface area (Å²) in [5.74, 6) is 0.583. The van der Waals surface area contributed by atoms with Crippen molar-refractivity contribution in [2.75, 3.05) is 13.2 Å². The number of ether oxygens (including phenoxy) is 1. The Morgan fingerprint density at radius 2 is 2.20 bits per heavy atom. The summed E-state index contributed by atoms with van der Waals surface area (Å²) >= 11 is 0. The minimum atomic E-state index is -0.118. The second kappa shape index (κ2) is 5.28. The molecule has 1 saturated carbocycles. The summed E-state index contributed by atoms with van der Waals surface area (Å²) < 4.78 is 5.62. The number of hydrogen-bond donors (Lipinski definition) is 2. The van der Waals surface area contributed by atoms with Crippen molar-refractivity contribution in [3.05, 3.63) is 0 Å². The van der Waals surface area contributed by atoms with Crippen LogP contribution in [0.1, 0.15) is 39.0 Å². The predicted molar refractivity (Wildman–Crippen MR) is 59.8 cm³/mol. The molecule has 0 amide bonds. The van der Waals surface area contributed by atoms with Gasteiger partial charge in [-0.3, -0.25) is 0 Å². The van der Waals surface area contributed by atoms with Crippen molar-refractivity contribution in [1.82, 2.24) is 5.32 Å². The Hall–Kier alpha value is -0.120. The SMILES string of the molecule is CCC1CC(NCC(O)C2CC2)CCO1. The van der Waals surface area contributed by atoms with Crippen LogP contribution in [-0.4, -0.2) is 36.5 Å². The quantitative estimate of drug-likeness (QED) is 0.723. The van der Waals surface area contributed by atoms with Gasteiger partial charge in [0.25, 0.3) is 0 Å². The summed E-state index contributed by atoms with van der Waals surface area (Å²) in [5.41, 5.74) is 0. The lowest BCUT2D eigenvalue weighted by atomic mass is 10.0. The normalized spacial score (nSPS) is 34.0. The number of aliphatic hydroxyl groups is 1. The Labute approximate surface area is 92.2 Å². The molecule has 3 nitrogen and oxygen atoms in total. The van der Waals surface area contributed by atoms with E-state index in [4.69, 9.17) is 4.74 Å². The first-order chi connectivity index (χ1) is 7.29. The Balaban J connectivity index is 1.64. The molecule has 0 aromatic heterocycles. The third kappa shape index (κ3) is 3.44. The van der Waals surface area contributed by atoms with Crippen LogP contribution in [0.2, 0.25) is 0 Å². The highest BCUT2D eigenvalue weighted by atomic mass is 16.5. The molecule has 3 heteroatoms. The topological polar surface area (TPSA) is 41.5 Å². The van der Waals surface area contributed by atoms with Crippen molar-refractivity contribution in [3.8, 4) is 0 Å². The summed E-state index contributed by atoms with van der Waals surface area (Å²) in [6.07, 6.45) is 6.04. The van der Waals surface area contributed by atoms with E-state index < -0.39 is 0 Å². The van der Waals surface area contributed by atoms with Crippen molar-refractivity contribution in [1.29, 1.82) is 0 Å². The lowest BCUT2D eigenvalue weighted by Gasteiger charge is -2.30. The zero-order valence-electron chi connectivity index (χ0n) is 9.61. The van der Waals surface area contributed by atoms with Crippen LogP contribution in [-0.2, 0) is 4.74 Å². The molecule has 0 aromatic rings. The van der Waals surface area contributed by atoms with E-state index in [1.54, 1.807) is 0 Å². The Bertz CT molecular complexity index is 194. The Morgan fingerprint density at radius 1 is 1.40 bits per heavy atom. The van der Waals surface area contributed by atoms with E-state index in [1.807, 2.05) is 0 Å². The number of rotatable bonds is 5.